The second-order valence-electron chi connectivity index (χ2n) is 6.55. The summed E-state index contributed by atoms with van der Waals surface area (Å²) < 4.78 is 5.85. The summed E-state index contributed by atoms with van der Waals surface area (Å²) in [7, 11) is 0. The molecule has 1 unspecified atom stereocenters. The van der Waals surface area contributed by atoms with E-state index in [0.717, 1.165) is 36.5 Å². The van der Waals surface area contributed by atoms with Crippen molar-refractivity contribution in [3.8, 4) is 5.75 Å². The van der Waals surface area contributed by atoms with Gasteiger partial charge in [-0.2, -0.15) is 0 Å². The number of hydrogen-bond donors (Lipinski definition) is 1. The maximum Gasteiger partial charge on any atom is 0.122 e. The number of aliphatic hydroxyl groups is 1. The van der Waals surface area contributed by atoms with Gasteiger partial charge in [0.1, 0.15) is 18.0 Å². The molecule has 1 N–H and O–H groups in total. The van der Waals surface area contributed by atoms with E-state index < -0.39 is 5.60 Å². The van der Waals surface area contributed by atoms with Crippen LogP contribution < -0.4 is 4.74 Å². The Kier molecular flexibility index (Phi) is 4.64. The third-order valence-electron chi connectivity index (χ3n) is 4.38. The number of aromatic nitrogens is 1. The zero-order valence-corrected chi connectivity index (χ0v) is 13.8. The minimum Gasteiger partial charge on any atom is -0.490 e. The Labute approximate surface area is 137 Å². The molecule has 1 atom stereocenters. The average Bonchev–Trinajstić information content (AvgIpc) is 2.90. The lowest BCUT2D eigenvalue weighted by atomic mass is 10.1. The van der Waals surface area contributed by atoms with E-state index in [9.17, 15) is 5.11 Å². The Morgan fingerprint density at radius 2 is 2.04 bits per heavy atom. The summed E-state index contributed by atoms with van der Waals surface area (Å²) in [6, 6.07) is 12.0. The van der Waals surface area contributed by atoms with Crippen LogP contribution >= 0.6 is 0 Å². The Bertz CT molecular complexity index is 657. The molecule has 4 heteroatoms. The van der Waals surface area contributed by atoms with Gasteiger partial charge in [-0.3, -0.25) is 9.88 Å². The van der Waals surface area contributed by atoms with Crippen molar-refractivity contribution in [2.45, 2.75) is 32.4 Å². The van der Waals surface area contributed by atoms with E-state index in [1.807, 2.05) is 50.4 Å². The van der Waals surface area contributed by atoms with Crippen molar-refractivity contribution in [3.05, 3.63) is 59.4 Å². The predicted molar refractivity (Wildman–Crippen MR) is 90.5 cm³/mol. The molecule has 3 rings (SSSR count). The largest absolute Gasteiger partial charge is 0.490 e. The van der Waals surface area contributed by atoms with Crippen LogP contribution in [-0.2, 0) is 6.54 Å². The number of rotatable bonds is 5. The molecule has 1 aromatic heterocycles. The molecular formula is C19H24N2O2. The fraction of sp³-hybridized carbons (Fsp3) is 0.421. The van der Waals surface area contributed by atoms with Crippen LogP contribution in [0, 0.1) is 13.8 Å². The van der Waals surface area contributed by atoms with Crippen LogP contribution in [0.1, 0.15) is 23.2 Å². The van der Waals surface area contributed by atoms with Crippen molar-refractivity contribution in [3.63, 3.8) is 0 Å². The number of β-amino-alcohol motifs (C(OH)–C–C–N with tert-alkyl or cyclic N) is 1. The van der Waals surface area contributed by atoms with Crippen LogP contribution in [0.2, 0.25) is 0 Å². The van der Waals surface area contributed by atoms with Crippen molar-refractivity contribution < 1.29 is 9.84 Å². The van der Waals surface area contributed by atoms with Gasteiger partial charge in [0.05, 0.1) is 0 Å². The van der Waals surface area contributed by atoms with Crippen molar-refractivity contribution in [2.75, 3.05) is 19.7 Å². The zero-order valence-electron chi connectivity index (χ0n) is 13.8. The SMILES string of the molecule is Cc1ccc(CN2CCC(O)(COc3ccccc3C)C2)cn1. The van der Waals surface area contributed by atoms with Gasteiger partial charge < -0.3 is 9.84 Å². The number of nitrogens with zero attached hydrogens (tertiary/aromatic N) is 2. The number of likely N-dealkylation sites (tertiary alicyclic amines) is 1. The molecule has 2 heterocycles. The first-order chi connectivity index (χ1) is 11.0. The maximum atomic E-state index is 10.8. The van der Waals surface area contributed by atoms with Crippen molar-refractivity contribution >= 4 is 0 Å². The van der Waals surface area contributed by atoms with Crippen molar-refractivity contribution in [1.29, 1.82) is 0 Å². The van der Waals surface area contributed by atoms with E-state index in [0.29, 0.717) is 13.2 Å². The lowest BCUT2D eigenvalue weighted by molar-refractivity contribution is 0.00319. The highest BCUT2D eigenvalue weighted by Gasteiger charge is 2.36. The van der Waals surface area contributed by atoms with Gasteiger partial charge in [0, 0.05) is 31.5 Å². The third-order valence-corrected chi connectivity index (χ3v) is 4.38. The van der Waals surface area contributed by atoms with Gasteiger partial charge in [0.2, 0.25) is 0 Å². The monoisotopic (exact) mass is 312 g/mol. The second kappa shape index (κ2) is 6.69. The Hall–Kier alpha value is -1.91. The van der Waals surface area contributed by atoms with E-state index in [4.69, 9.17) is 4.74 Å². The molecule has 1 fully saturated rings. The quantitative estimate of drug-likeness (QED) is 0.922. The lowest BCUT2D eigenvalue weighted by Crippen LogP contribution is -2.39. The normalized spacial score (nSPS) is 21.5. The summed E-state index contributed by atoms with van der Waals surface area (Å²) in [6.07, 6.45) is 2.65. The Morgan fingerprint density at radius 3 is 2.78 bits per heavy atom. The van der Waals surface area contributed by atoms with Crippen LogP contribution in [0.3, 0.4) is 0 Å². The molecule has 1 aliphatic rings. The summed E-state index contributed by atoms with van der Waals surface area (Å²) in [5.41, 5.74) is 2.52. The summed E-state index contributed by atoms with van der Waals surface area (Å²) in [4.78, 5) is 6.59. The van der Waals surface area contributed by atoms with Gasteiger partial charge in [0.25, 0.3) is 0 Å². The lowest BCUT2D eigenvalue weighted by Gasteiger charge is -2.24. The van der Waals surface area contributed by atoms with Gasteiger partial charge in [-0.05, 0) is 43.5 Å². The van der Waals surface area contributed by atoms with Gasteiger partial charge in [-0.25, -0.2) is 0 Å². The molecule has 23 heavy (non-hydrogen) atoms. The van der Waals surface area contributed by atoms with Gasteiger partial charge in [-0.1, -0.05) is 24.3 Å². The second-order valence-corrected chi connectivity index (χ2v) is 6.55. The topological polar surface area (TPSA) is 45.6 Å². The number of hydrogen-bond acceptors (Lipinski definition) is 4. The first-order valence-corrected chi connectivity index (χ1v) is 8.09. The Morgan fingerprint density at radius 1 is 1.22 bits per heavy atom. The van der Waals surface area contributed by atoms with Crippen LogP contribution in [0.15, 0.2) is 42.6 Å². The van der Waals surface area contributed by atoms with Crippen LogP contribution in [0.25, 0.3) is 0 Å². The Balaban J connectivity index is 1.55. The summed E-state index contributed by atoms with van der Waals surface area (Å²) in [5.74, 6) is 0.849. The smallest absolute Gasteiger partial charge is 0.122 e. The summed E-state index contributed by atoms with van der Waals surface area (Å²) >= 11 is 0. The first kappa shape index (κ1) is 16.0. The third kappa shape index (κ3) is 4.09. The summed E-state index contributed by atoms with van der Waals surface area (Å²) in [5, 5.41) is 10.8. The molecule has 1 aliphatic heterocycles. The number of para-hydroxylation sites is 1. The molecule has 0 bridgehead atoms. The van der Waals surface area contributed by atoms with Crippen LogP contribution in [-0.4, -0.2) is 40.3 Å². The first-order valence-electron chi connectivity index (χ1n) is 8.09. The average molecular weight is 312 g/mol. The van der Waals surface area contributed by atoms with E-state index >= 15 is 0 Å². The molecule has 0 amide bonds. The highest BCUT2D eigenvalue weighted by molar-refractivity contribution is 5.31. The minimum absolute atomic E-state index is 0.334. The van der Waals surface area contributed by atoms with E-state index in [2.05, 4.69) is 16.0 Å². The van der Waals surface area contributed by atoms with Crippen molar-refractivity contribution in [1.82, 2.24) is 9.88 Å². The molecule has 0 aliphatic carbocycles. The minimum atomic E-state index is -0.777. The molecule has 122 valence electrons. The number of aryl methyl sites for hydroxylation is 2. The zero-order chi connectivity index (χ0) is 16.3. The van der Waals surface area contributed by atoms with Gasteiger partial charge in [-0.15, -0.1) is 0 Å². The van der Waals surface area contributed by atoms with E-state index in [1.54, 1.807) is 0 Å². The molecule has 4 nitrogen and oxygen atoms in total. The van der Waals surface area contributed by atoms with Crippen LogP contribution in [0.5, 0.6) is 5.75 Å². The molecule has 2 aromatic rings. The standard InChI is InChI=1S/C19H24N2O2/c1-15-5-3-4-6-18(15)23-14-19(22)9-10-21(13-19)12-17-8-7-16(2)20-11-17/h3-8,11,22H,9-10,12-14H2,1-2H3. The van der Waals surface area contributed by atoms with E-state index in [1.165, 1.54) is 5.56 Å². The molecule has 1 aromatic carbocycles. The predicted octanol–water partition coefficient (Wildman–Crippen LogP) is 2.71. The molecule has 0 radical (unpaired) electrons. The molecule has 1 saturated heterocycles. The summed E-state index contributed by atoms with van der Waals surface area (Å²) in [6.45, 7) is 6.67. The van der Waals surface area contributed by atoms with Gasteiger partial charge >= 0.3 is 0 Å². The fourth-order valence-electron chi connectivity index (χ4n) is 2.97. The number of ether oxygens (including phenoxy) is 1. The molecular weight excluding hydrogens is 288 g/mol. The van der Waals surface area contributed by atoms with Crippen molar-refractivity contribution in [2.24, 2.45) is 0 Å². The molecule has 0 saturated carbocycles. The maximum absolute atomic E-state index is 10.8. The highest BCUT2D eigenvalue weighted by atomic mass is 16.5. The molecule has 0 spiro atoms. The number of benzene rings is 1. The highest BCUT2D eigenvalue weighted by Crippen LogP contribution is 2.25. The van der Waals surface area contributed by atoms with Crippen LogP contribution in [0.4, 0.5) is 0 Å². The van der Waals surface area contributed by atoms with E-state index in [-0.39, 0.29) is 0 Å². The fourth-order valence-corrected chi connectivity index (χ4v) is 2.97. The van der Waals surface area contributed by atoms with Gasteiger partial charge in [0.15, 0.2) is 0 Å². The number of pyridine rings is 1.